The Morgan fingerprint density at radius 2 is 2.05 bits per heavy atom. The number of rotatable bonds is 6. The average molecular weight is 290 g/mol. The lowest BCUT2D eigenvalue weighted by atomic mass is 10.1. The zero-order valence-electron chi connectivity index (χ0n) is 13.3. The van der Waals surface area contributed by atoms with Crippen molar-refractivity contribution < 1.29 is 9.53 Å². The summed E-state index contributed by atoms with van der Waals surface area (Å²) in [5.74, 6) is 0.852. The normalized spacial score (nSPS) is 20.4. The third kappa shape index (κ3) is 4.05. The Bertz CT molecular complexity index is 476. The quantitative estimate of drug-likeness (QED) is 0.753. The third-order valence-corrected chi connectivity index (χ3v) is 4.19. The molecule has 1 aromatic rings. The highest BCUT2D eigenvalue weighted by atomic mass is 16.5. The fourth-order valence-electron chi connectivity index (χ4n) is 2.86. The van der Waals surface area contributed by atoms with Gasteiger partial charge in [0.2, 0.25) is 0 Å². The first-order chi connectivity index (χ1) is 10.2. The maximum atomic E-state index is 12.5. The molecule has 0 N–H and O–H groups in total. The lowest BCUT2D eigenvalue weighted by Crippen LogP contribution is -2.52. The van der Waals surface area contributed by atoms with Gasteiger partial charge >= 0.3 is 0 Å². The van der Waals surface area contributed by atoms with E-state index in [4.69, 9.17) is 4.74 Å². The maximum Gasteiger partial charge on any atom is 0.180 e. The first-order valence-electron chi connectivity index (χ1n) is 7.83. The second kappa shape index (κ2) is 7.57. The van der Waals surface area contributed by atoms with Crippen molar-refractivity contribution in [1.29, 1.82) is 0 Å². The number of nitrogens with zero attached hydrogens (tertiary/aromatic N) is 2. The molecule has 0 amide bonds. The van der Waals surface area contributed by atoms with Crippen molar-refractivity contribution in [3.05, 3.63) is 29.8 Å². The SMILES string of the molecule is CCOc1ccccc1C(=O)CN1CCN(C)C(CC)C1. The van der Waals surface area contributed by atoms with Crippen molar-refractivity contribution in [2.75, 3.05) is 39.8 Å². The second-order valence-corrected chi connectivity index (χ2v) is 5.63. The summed E-state index contributed by atoms with van der Waals surface area (Å²) in [7, 11) is 2.16. The molecule has 4 heteroatoms. The fraction of sp³-hybridized carbons (Fsp3) is 0.588. The van der Waals surface area contributed by atoms with E-state index in [1.807, 2.05) is 31.2 Å². The Balaban J connectivity index is 2.01. The molecule has 1 fully saturated rings. The number of likely N-dealkylation sites (N-methyl/N-ethyl adjacent to an activating group) is 1. The van der Waals surface area contributed by atoms with Gasteiger partial charge in [0.1, 0.15) is 5.75 Å². The molecule has 0 aliphatic carbocycles. The van der Waals surface area contributed by atoms with Crippen LogP contribution in [0.1, 0.15) is 30.6 Å². The minimum Gasteiger partial charge on any atom is -0.493 e. The summed E-state index contributed by atoms with van der Waals surface area (Å²) in [6.07, 6.45) is 1.12. The van der Waals surface area contributed by atoms with Gasteiger partial charge in [0, 0.05) is 25.7 Å². The number of para-hydroxylation sites is 1. The highest BCUT2D eigenvalue weighted by Crippen LogP contribution is 2.19. The summed E-state index contributed by atoms with van der Waals surface area (Å²) in [6, 6.07) is 8.09. The molecule has 1 aromatic carbocycles. The molecule has 0 spiro atoms. The van der Waals surface area contributed by atoms with Gasteiger partial charge in [-0.15, -0.1) is 0 Å². The Hall–Kier alpha value is -1.39. The number of ether oxygens (including phenoxy) is 1. The zero-order chi connectivity index (χ0) is 15.2. The summed E-state index contributed by atoms with van der Waals surface area (Å²) in [5.41, 5.74) is 0.700. The predicted molar refractivity (Wildman–Crippen MR) is 85.1 cm³/mol. The van der Waals surface area contributed by atoms with Crippen LogP contribution in [0.15, 0.2) is 24.3 Å². The van der Waals surface area contributed by atoms with Crippen molar-refractivity contribution in [3.63, 3.8) is 0 Å². The molecule has 1 aliphatic heterocycles. The summed E-state index contributed by atoms with van der Waals surface area (Å²) < 4.78 is 5.56. The van der Waals surface area contributed by atoms with E-state index < -0.39 is 0 Å². The van der Waals surface area contributed by atoms with Crippen molar-refractivity contribution in [2.24, 2.45) is 0 Å². The lowest BCUT2D eigenvalue weighted by Gasteiger charge is -2.38. The highest BCUT2D eigenvalue weighted by Gasteiger charge is 2.25. The lowest BCUT2D eigenvalue weighted by molar-refractivity contribution is 0.0740. The van der Waals surface area contributed by atoms with Gasteiger partial charge in [-0.1, -0.05) is 19.1 Å². The molecular formula is C17H26N2O2. The van der Waals surface area contributed by atoms with E-state index >= 15 is 0 Å². The number of Topliss-reactive ketones (excluding diaryl/α,β-unsaturated/α-hetero) is 1. The molecular weight excluding hydrogens is 264 g/mol. The van der Waals surface area contributed by atoms with Gasteiger partial charge in [-0.3, -0.25) is 9.69 Å². The van der Waals surface area contributed by atoms with Crippen LogP contribution in [0.2, 0.25) is 0 Å². The van der Waals surface area contributed by atoms with Crippen LogP contribution >= 0.6 is 0 Å². The molecule has 1 atom stereocenters. The van der Waals surface area contributed by atoms with Gasteiger partial charge in [-0.25, -0.2) is 0 Å². The Morgan fingerprint density at radius 1 is 1.29 bits per heavy atom. The number of hydrogen-bond donors (Lipinski definition) is 0. The number of piperazine rings is 1. The molecule has 1 aliphatic rings. The molecule has 0 bridgehead atoms. The number of benzene rings is 1. The van der Waals surface area contributed by atoms with Crippen LogP contribution in [-0.4, -0.2) is 61.5 Å². The first kappa shape index (κ1) is 16.0. The topological polar surface area (TPSA) is 32.8 Å². The zero-order valence-corrected chi connectivity index (χ0v) is 13.3. The third-order valence-electron chi connectivity index (χ3n) is 4.19. The molecule has 1 unspecified atom stereocenters. The molecule has 1 heterocycles. The van der Waals surface area contributed by atoms with E-state index in [-0.39, 0.29) is 5.78 Å². The van der Waals surface area contributed by atoms with E-state index in [1.165, 1.54) is 0 Å². The average Bonchev–Trinajstić information content (AvgIpc) is 2.50. The minimum absolute atomic E-state index is 0.151. The van der Waals surface area contributed by atoms with Crippen LogP contribution < -0.4 is 4.74 Å². The standard InChI is InChI=1S/C17H26N2O2/c1-4-14-12-19(11-10-18(14)3)13-16(20)15-8-6-7-9-17(15)21-5-2/h6-9,14H,4-5,10-13H2,1-3H3. The van der Waals surface area contributed by atoms with Crippen molar-refractivity contribution >= 4 is 5.78 Å². The van der Waals surface area contributed by atoms with E-state index in [0.29, 0.717) is 30.5 Å². The summed E-state index contributed by atoms with van der Waals surface area (Å²) >= 11 is 0. The fourth-order valence-corrected chi connectivity index (χ4v) is 2.86. The van der Waals surface area contributed by atoms with Gasteiger partial charge in [0.15, 0.2) is 5.78 Å². The summed E-state index contributed by atoms with van der Waals surface area (Å²) in [4.78, 5) is 17.2. The van der Waals surface area contributed by atoms with Crippen LogP contribution in [0.25, 0.3) is 0 Å². The monoisotopic (exact) mass is 290 g/mol. The molecule has 0 saturated carbocycles. The Morgan fingerprint density at radius 3 is 2.76 bits per heavy atom. The van der Waals surface area contributed by atoms with Gasteiger partial charge in [-0.2, -0.15) is 0 Å². The molecule has 0 aromatic heterocycles. The molecule has 4 nitrogen and oxygen atoms in total. The molecule has 1 saturated heterocycles. The molecule has 0 radical (unpaired) electrons. The van der Waals surface area contributed by atoms with Crippen molar-refractivity contribution in [2.45, 2.75) is 26.3 Å². The number of hydrogen-bond acceptors (Lipinski definition) is 4. The Labute approximate surface area is 127 Å². The van der Waals surface area contributed by atoms with Crippen LogP contribution in [0.4, 0.5) is 0 Å². The smallest absolute Gasteiger partial charge is 0.180 e. The van der Waals surface area contributed by atoms with Gasteiger partial charge in [0.05, 0.1) is 18.7 Å². The van der Waals surface area contributed by atoms with E-state index in [9.17, 15) is 4.79 Å². The van der Waals surface area contributed by atoms with Crippen molar-refractivity contribution in [3.8, 4) is 5.75 Å². The molecule has 116 valence electrons. The van der Waals surface area contributed by atoms with E-state index in [0.717, 1.165) is 26.1 Å². The van der Waals surface area contributed by atoms with E-state index in [2.05, 4.69) is 23.8 Å². The number of carbonyl (C=O) groups is 1. The van der Waals surface area contributed by atoms with Gasteiger partial charge in [0.25, 0.3) is 0 Å². The number of ketones is 1. The number of carbonyl (C=O) groups excluding carboxylic acids is 1. The first-order valence-corrected chi connectivity index (χ1v) is 7.83. The van der Waals surface area contributed by atoms with Gasteiger partial charge in [-0.05, 0) is 32.5 Å². The maximum absolute atomic E-state index is 12.5. The molecule has 21 heavy (non-hydrogen) atoms. The second-order valence-electron chi connectivity index (χ2n) is 5.63. The summed E-state index contributed by atoms with van der Waals surface area (Å²) in [6.45, 7) is 8.15. The van der Waals surface area contributed by atoms with Gasteiger partial charge < -0.3 is 9.64 Å². The van der Waals surface area contributed by atoms with Crippen LogP contribution in [0.3, 0.4) is 0 Å². The summed E-state index contributed by atoms with van der Waals surface area (Å²) in [5, 5.41) is 0. The highest BCUT2D eigenvalue weighted by molar-refractivity contribution is 6.00. The van der Waals surface area contributed by atoms with Crippen LogP contribution in [-0.2, 0) is 0 Å². The largest absolute Gasteiger partial charge is 0.493 e. The predicted octanol–water partition coefficient (Wildman–Crippen LogP) is 2.29. The van der Waals surface area contributed by atoms with Crippen molar-refractivity contribution in [1.82, 2.24) is 9.80 Å². The van der Waals surface area contributed by atoms with Crippen LogP contribution in [0, 0.1) is 0 Å². The molecule has 2 rings (SSSR count). The van der Waals surface area contributed by atoms with Crippen LogP contribution in [0.5, 0.6) is 5.75 Å². The van der Waals surface area contributed by atoms with E-state index in [1.54, 1.807) is 0 Å². The Kier molecular flexibility index (Phi) is 5.76. The minimum atomic E-state index is 0.151.